The van der Waals surface area contributed by atoms with Crippen LogP contribution in [-0.2, 0) is 11.2 Å². The molecule has 30 heavy (non-hydrogen) atoms. The number of benzene rings is 2. The molecule has 1 aromatic heterocycles. The molecule has 0 spiro atoms. The number of nitrogen functional groups attached to an aromatic ring is 1. The first kappa shape index (κ1) is 20.3. The van der Waals surface area contributed by atoms with Crippen molar-refractivity contribution >= 4 is 23.7 Å². The van der Waals surface area contributed by atoms with Crippen molar-refractivity contribution in [2.45, 2.75) is 6.42 Å². The lowest BCUT2D eigenvalue weighted by atomic mass is 9.92. The summed E-state index contributed by atoms with van der Waals surface area (Å²) in [6, 6.07) is 13.0. The van der Waals surface area contributed by atoms with E-state index in [9.17, 15) is 29.4 Å². The number of anilines is 1. The lowest BCUT2D eigenvalue weighted by Gasteiger charge is -2.13. The second-order valence-corrected chi connectivity index (χ2v) is 6.41. The molecule has 3 rings (SSSR count). The van der Waals surface area contributed by atoms with Crippen LogP contribution in [0.1, 0.15) is 26.3 Å². The summed E-state index contributed by atoms with van der Waals surface area (Å²) in [4.78, 5) is 48.6. The Morgan fingerprint density at radius 3 is 1.97 bits per heavy atom. The van der Waals surface area contributed by atoms with E-state index in [1.54, 1.807) is 36.4 Å². The summed E-state index contributed by atoms with van der Waals surface area (Å²) in [7, 11) is 0. The van der Waals surface area contributed by atoms with Crippen LogP contribution in [0.25, 0.3) is 22.3 Å². The maximum absolute atomic E-state index is 12.1. The topological polar surface area (TPSA) is 171 Å². The van der Waals surface area contributed by atoms with Gasteiger partial charge in [-0.25, -0.2) is 9.59 Å². The van der Waals surface area contributed by atoms with E-state index in [1.165, 1.54) is 12.1 Å². The average Bonchev–Trinajstić information content (AvgIpc) is 2.67. The first-order chi connectivity index (χ1) is 14.2. The molecule has 0 unspecified atom stereocenters. The highest BCUT2D eigenvalue weighted by Crippen LogP contribution is 2.32. The van der Waals surface area contributed by atoms with Crippen LogP contribution in [0.5, 0.6) is 0 Å². The van der Waals surface area contributed by atoms with E-state index in [0.717, 1.165) is 0 Å². The Bertz CT molecular complexity index is 1230. The van der Waals surface area contributed by atoms with Crippen LogP contribution in [-0.4, -0.2) is 38.2 Å². The van der Waals surface area contributed by atoms with Crippen LogP contribution in [0.4, 0.5) is 5.82 Å². The Morgan fingerprint density at radius 1 is 0.833 bits per heavy atom. The number of nitrogens with one attached hydrogen (secondary N) is 1. The van der Waals surface area contributed by atoms with Gasteiger partial charge in [0.05, 0.1) is 6.42 Å². The minimum atomic E-state index is -1.59. The molecular formula is C21H16N2O7. The molecule has 0 radical (unpaired) electrons. The van der Waals surface area contributed by atoms with Crippen LogP contribution in [0.3, 0.4) is 0 Å². The van der Waals surface area contributed by atoms with E-state index in [4.69, 9.17) is 10.8 Å². The molecule has 0 aliphatic heterocycles. The van der Waals surface area contributed by atoms with Gasteiger partial charge in [-0.05, 0) is 22.3 Å². The fourth-order valence-electron chi connectivity index (χ4n) is 3.27. The lowest BCUT2D eigenvalue weighted by Crippen LogP contribution is -2.24. The third kappa shape index (κ3) is 3.76. The number of nitrogens with two attached hydrogens (primary N) is 1. The van der Waals surface area contributed by atoms with Crippen LogP contribution in [0.15, 0.2) is 53.3 Å². The summed E-state index contributed by atoms with van der Waals surface area (Å²) in [5, 5.41) is 28.0. The number of hydrogen-bond acceptors (Lipinski definition) is 5. The highest BCUT2D eigenvalue weighted by atomic mass is 16.4. The number of rotatable bonds is 6. The number of aliphatic carboxylic acids is 1. The third-order valence-corrected chi connectivity index (χ3v) is 4.52. The second kappa shape index (κ2) is 7.92. The quantitative estimate of drug-likeness (QED) is 0.413. The van der Waals surface area contributed by atoms with Gasteiger partial charge < -0.3 is 26.0 Å². The van der Waals surface area contributed by atoms with Crippen molar-refractivity contribution in [1.29, 1.82) is 0 Å². The van der Waals surface area contributed by atoms with Crippen molar-refractivity contribution in [2.75, 3.05) is 5.73 Å². The highest BCUT2D eigenvalue weighted by molar-refractivity contribution is 6.07. The predicted molar refractivity (Wildman–Crippen MR) is 108 cm³/mol. The molecule has 152 valence electrons. The van der Waals surface area contributed by atoms with Crippen LogP contribution in [0.2, 0.25) is 0 Å². The Hall–Kier alpha value is -4.40. The smallest absolute Gasteiger partial charge is 0.342 e. The SMILES string of the molecule is Nc1[nH]c(=O)c(C(=O)O)c(-c2ccc(-c3ccccc3CC(=O)O)cc2)c1C(=O)O. The van der Waals surface area contributed by atoms with Gasteiger partial charge in [0.2, 0.25) is 0 Å². The summed E-state index contributed by atoms with van der Waals surface area (Å²) in [5.74, 6) is -4.53. The van der Waals surface area contributed by atoms with Crippen LogP contribution >= 0.6 is 0 Å². The zero-order valence-electron chi connectivity index (χ0n) is 15.4. The normalized spacial score (nSPS) is 10.5. The number of pyridine rings is 1. The third-order valence-electron chi connectivity index (χ3n) is 4.52. The van der Waals surface area contributed by atoms with Gasteiger partial charge in [0.15, 0.2) is 0 Å². The summed E-state index contributed by atoms with van der Waals surface area (Å²) in [6.45, 7) is 0. The van der Waals surface area contributed by atoms with Gasteiger partial charge in [0.1, 0.15) is 16.9 Å². The molecule has 0 atom stereocenters. The van der Waals surface area contributed by atoms with E-state index >= 15 is 0 Å². The second-order valence-electron chi connectivity index (χ2n) is 6.41. The van der Waals surface area contributed by atoms with E-state index in [0.29, 0.717) is 16.7 Å². The van der Waals surface area contributed by atoms with E-state index in [1.807, 2.05) is 4.98 Å². The van der Waals surface area contributed by atoms with Crippen molar-refractivity contribution in [1.82, 2.24) is 4.98 Å². The van der Waals surface area contributed by atoms with Crippen molar-refractivity contribution in [3.63, 3.8) is 0 Å². The summed E-state index contributed by atoms with van der Waals surface area (Å²) < 4.78 is 0. The molecule has 0 bridgehead atoms. The van der Waals surface area contributed by atoms with Crippen molar-refractivity contribution in [3.8, 4) is 22.3 Å². The van der Waals surface area contributed by atoms with Crippen LogP contribution in [0, 0.1) is 0 Å². The van der Waals surface area contributed by atoms with Gasteiger partial charge in [0, 0.05) is 5.56 Å². The minimum Gasteiger partial charge on any atom is -0.481 e. The van der Waals surface area contributed by atoms with Gasteiger partial charge >= 0.3 is 17.9 Å². The van der Waals surface area contributed by atoms with Gasteiger partial charge in [0.25, 0.3) is 5.56 Å². The molecule has 9 heteroatoms. The lowest BCUT2D eigenvalue weighted by molar-refractivity contribution is -0.136. The molecular weight excluding hydrogens is 392 g/mol. The molecule has 1 heterocycles. The molecule has 9 nitrogen and oxygen atoms in total. The fourth-order valence-corrected chi connectivity index (χ4v) is 3.27. The number of carboxylic acid groups (broad SMARTS) is 3. The fraction of sp³-hybridized carbons (Fsp3) is 0.0476. The average molecular weight is 408 g/mol. The molecule has 0 saturated carbocycles. The highest BCUT2D eigenvalue weighted by Gasteiger charge is 2.26. The maximum Gasteiger partial charge on any atom is 0.342 e. The molecule has 0 saturated heterocycles. The van der Waals surface area contributed by atoms with Gasteiger partial charge in [-0.2, -0.15) is 0 Å². The van der Waals surface area contributed by atoms with Crippen molar-refractivity contribution in [3.05, 3.63) is 75.6 Å². The first-order valence-corrected chi connectivity index (χ1v) is 8.63. The summed E-state index contributed by atoms with van der Waals surface area (Å²) in [5.41, 5.74) is 5.10. The molecule has 6 N–H and O–H groups in total. The minimum absolute atomic E-state index is 0.169. The summed E-state index contributed by atoms with van der Waals surface area (Å²) in [6.07, 6.45) is -0.186. The molecule has 3 aromatic rings. The molecule has 0 fully saturated rings. The molecule has 0 amide bonds. The predicted octanol–water partition coefficient (Wildman–Crippen LogP) is 2.31. The Labute approximate surface area is 169 Å². The van der Waals surface area contributed by atoms with E-state index < -0.39 is 40.4 Å². The van der Waals surface area contributed by atoms with Crippen LogP contribution < -0.4 is 11.3 Å². The number of carboxylic acids is 3. The van der Waals surface area contributed by atoms with Crippen molar-refractivity contribution < 1.29 is 29.7 Å². The Morgan fingerprint density at radius 2 is 1.40 bits per heavy atom. The molecule has 0 aliphatic carbocycles. The number of H-pyrrole nitrogens is 1. The van der Waals surface area contributed by atoms with Crippen molar-refractivity contribution in [2.24, 2.45) is 0 Å². The summed E-state index contributed by atoms with van der Waals surface area (Å²) >= 11 is 0. The standard InChI is InChI=1S/C21H16N2O7/c22-18-16(20(27)28)15(17(21(29)30)19(26)23-18)11-7-5-10(6-8-11)13-4-2-1-3-12(13)9-14(24)25/h1-8H,9H2,(H,24,25)(H,27,28)(H,29,30)(H3,22,23,26). The Kier molecular flexibility index (Phi) is 5.37. The van der Waals surface area contributed by atoms with Gasteiger partial charge in [-0.3, -0.25) is 9.59 Å². The maximum atomic E-state index is 12.1. The largest absolute Gasteiger partial charge is 0.481 e. The zero-order chi connectivity index (χ0) is 22.0. The zero-order valence-corrected chi connectivity index (χ0v) is 15.4. The number of aromatic nitrogens is 1. The number of aromatic carboxylic acids is 2. The van der Waals surface area contributed by atoms with E-state index in [2.05, 4.69) is 0 Å². The van der Waals surface area contributed by atoms with Gasteiger partial charge in [-0.15, -0.1) is 0 Å². The van der Waals surface area contributed by atoms with E-state index in [-0.39, 0.29) is 17.5 Å². The number of hydrogen-bond donors (Lipinski definition) is 5. The number of carbonyl (C=O) groups is 3. The molecule has 0 aliphatic rings. The first-order valence-electron chi connectivity index (χ1n) is 8.63. The van der Waals surface area contributed by atoms with Gasteiger partial charge in [-0.1, -0.05) is 48.5 Å². The number of aromatic amines is 1. The molecule has 2 aromatic carbocycles. The monoisotopic (exact) mass is 408 g/mol. The Balaban J connectivity index is 2.20.